The molecular weight excluding hydrogens is 110 g/mol. The van der Waals surface area contributed by atoms with Gasteiger partial charge >= 0.3 is 0 Å². The van der Waals surface area contributed by atoms with Gasteiger partial charge in [-0.25, -0.2) is 0 Å². The summed E-state index contributed by atoms with van der Waals surface area (Å²) in [4.78, 5) is 0. The van der Waals surface area contributed by atoms with Crippen LogP contribution in [0.3, 0.4) is 0 Å². The van der Waals surface area contributed by atoms with Crippen molar-refractivity contribution >= 4 is 0 Å². The van der Waals surface area contributed by atoms with Crippen molar-refractivity contribution in [2.24, 2.45) is 0 Å². The zero-order valence-electron chi connectivity index (χ0n) is 5.57. The maximum atomic E-state index is 5.02. The quantitative estimate of drug-likeness (QED) is 0.449. The highest BCUT2D eigenvalue weighted by atomic mass is 14.9. The van der Waals surface area contributed by atoms with Crippen LogP contribution in [-0.2, 0) is 0 Å². The van der Waals surface area contributed by atoms with Crippen molar-refractivity contribution in [1.29, 1.82) is 0 Å². The minimum atomic E-state index is 0. The summed E-state index contributed by atoms with van der Waals surface area (Å²) in [5, 5.41) is 3.20. The summed E-state index contributed by atoms with van der Waals surface area (Å²) in [6.45, 7) is 5.15. The summed E-state index contributed by atoms with van der Waals surface area (Å²) >= 11 is 0. The van der Waals surface area contributed by atoms with Crippen molar-refractivity contribution in [2.45, 2.75) is 33.7 Å². The summed E-state index contributed by atoms with van der Waals surface area (Å²) in [5.74, 6) is 2.56. The van der Waals surface area contributed by atoms with E-state index in [9.17, 15) is 0 Å². The third kappa shape index (κ3) is 11.2. The summed E-state index contributed by atoms with van der Waals surface area (Å²) < 4.78 is 0. The fraction of sp³-hybridized carbons (Fsp3) is 0.750. The van der Waals surface area contributed by atoms with Gasteiger partial charge in [0.1, 0.15) is 0 Å². The average molecular weight is 127 g/mol. The standard InChI is InChI=1S/C7H13N.CH4/c1-4-5-6-8-7(2)3;/h1,7-8H,5-6H2,2-3H3;1H4. The Balaban J connectivity index is 0. The predicted octanol–water partition coefficient (Wildman–Crippen LogP) is 1.64. The van der Waals surface area contributed by atoms with Gasteiger partial charge in [-0.2, -0.15) is 0 Å². The van der Waals surface area contributed by atoms with Crippen LogP contribution in [0.15, 0.2) is 0 Å². The molecule has 54 valence electrons. The van der Waals surface area contributed by atoms with Crippen LogP contribution >= 0.6 is 0 Å². The molecule has 0 saturated heterocycles. The van der Waals surface area contributed by atoms with E-state index in [0.29, 0.717) is 6.04 Å². The molecule has 0 heterocycles. The van der Waals surface area contributed by atoms with E-state index in [1.54, 1.807) is 0 Å². The van der Waals surface area contributed by atoms with Gasteiger partial charge in [0.15, 0.2) is 0 Å². The first-order valence-corrected chi connectivity index (χ1v) is 2.94. The van der Waals surface area contributed by atoms with Crippen molar-refractivity contribution in [3.05, 3.63) is 0 Å². The second kappa shape index (κ2) is 7.52. The van der Waals surface area contributed by atoms with Crippen molar-refractivity contribution in [2.75, 3.05) is 6.54 Å². The van der Waals surface area contributed by atoms with Gasteiger partial charge in [0.2, 0.25) is 0 Å². The first kappa shape index (κ1) is 11.3. The summed E-state index contributed by atoms with van der Waals surface area (Å²) in [7, 11) is 0. The van der Waals surface area contributed by atoms with Crippen molar-refractivity contribution in [1.82, 2.24) is 5.32 Å². The van der Waals surface area contributed by atoms with E-state index in [1.165, 1.54) is 0 Å². The van der Waals surface area contributed by atoms with Crippen LogP contribution in [0, 0.1) is 12.3 Å². The first-order chi connectivity index (χ1) is 3.77. The molecule has 0 aromatic rings. The molecule has 0 saturated carbocycles. The predicted molar refractivity (Wildman–Crippen MR) is 43.3 cm³/mol. The molecule has 0 spiro atoms. The molecule has 0 bridgehead atoms. The molecule has 0 amide bonds. The molecule has 0 fully saturated rings. The number of hydrogen-bond donors (Lipinski definition) is 1. The van der Waals surface area contributed by atoms with Crippen molar-refractivity contribution in [3.63, 3.8) is 0 Å². The van der Waals surface area contributed by atoms with Crippen molar-refractivity contribution in [3.8, 4) is 12.3 Å². The lowest BCUT2D eigenvalue weighted by Gasteiger charge is -2.03. The smallest absolute Gasteiger partial charge is 0.0211 e. The van der Waals surface area contributed by atoms with Crippen LogP contribution in [0.4, 0.5) is 0 Å². The summed E-state index contributed by atoms with van der Waals surface area (Å²) in [6.07, 6.45) is 5.86. The molecule has 1 nitrogen and oxygen atoms in total. The van der Waals surface area contributed by atoms with E-state index in [4.69, 9.17) is 6.42 Å². The monoisotopic (exact) mass is 127 g/mol. The molecule has 0 aromatic heterocycles. The number of rotatable bonds is 3. The lowest BCUT2D eigenvalue weighted by Crippen LogP contribution is -2.23. The molecule has 0 radical (unpaired) electrons. The van der Waals surface area contributed by atoms with E-state index in [0.717, 1.165) is 13.0 Å². The van der Waals surface area contributed by atoms with Gasteiger partial charge in [-0.3, -0.25) is 0 Å². The Bertz CT molecular complexity index is 79.1. The lowest BCUT2D eigenvalue weighted by molar-refractivity contribution is 0.598. The normalized spacial score (nSPS) is 8.22. The first-order valence-electron chi connectivity index (χ1n) is 2.94. The largest absolute Gasteiger partial charge is 0.314 e. The number of terminal acetylenes is 1. The van der Waals surface area contributed by atoms with Crippen molar-refractivity contribution < 1.29 is 0 Å². The Kier molecular flexibility index (Phi) is 9.47. The second-order valence-corrected chi connectivity index (χ2v) is 2.06. The number of nitrogens with one attached hydrogen (secondary N) is 1. The van der Waals surface area contributed by atoms with Gasteiger partial charge in [0.25, 0.3) is 0 Å². The highest BCUT2D eigenvalue weighted by molar-refractivity contribution is 4.84. The highest BCUT2D eigenvalue weighted by Gasteiger charge is 1.86. The zero-order valence-corrected chi connectivity index (χ0v) is 5.57. The minimum absolute atomic E-state index is 0. The molecule has 1 heteroatoms. The third-order valence-electron chi connectivity index (χ3n) is 0.822. The molecule has 1 N–H and O–H groups in total. The second-order valence-electron chi connectivity index (χ2n) is 2.06. The van der Waals surface area contributed by atoms with E-state index in [2.05, 4.69) is 25.1 Å². The highest BCUT2D eigenvalue weighted by Crippen LogP contribution is 1.76. The van der Waals surface area contributed by atoms with E-state index in [1.807, 2.05) is 0 Å². The van der Waals surface area contributed by atoms with E-state index in [-0.39, 0.29) is 7.43 Å². The van der Waals surface area contributed by atoms with Crippen LogP contribution in [0.25, 0.3) is 0 Å². The third-order valence-corrected chi connectivity index (χ3v) is 0.822. The van der Waals surface area contributed by atoms with Crippen LogP contribution in [0.5, 0.6) is 0 Å². The van der Waals surface area contributed by atoms with Gasteiger partial charge < -0.3 is 5.32 Å². The zero-order chi connectivity index (χ0) is 6.41. The molecular formula is C8H17N. The van der Waals surface area contributed by atoms with Gasteiger partial charge in [-0.15, -0.1) is 12.3 Å². The van der Waals surface area contributed by atoms with Crippen LogP contribution in [-0.4, -0.2) is 12.6 Å². The summed E-state index contributed by atoms with van der Waals surface area (Å²) in [5.41, 5.74) is 0. The van der Waals surface area contributed by atoms with Gasteiger partial charge in [0.05, 0.1) is 0 Å². The Morgan fingerprint density at radius 1 is 1.56 bits per heavy atom. The Morgan fingerprint density at radius 2 is 2.11 bits per heavy atom. The molecule has 0 atom stereocenters. The fourth-order valence-corrected chi connectivity index (χ4v) is 0.433. The molecule has 0 unspecified atom stereocenters. The van der Waals surface area contributed by atoms with Crippen LogP contribution < -0.4 is 5.32 Å². The average Bonchev–Trinajstić information content (AvgIpc) is 1.66. The summed E-state index contributed by atoms with van der Waals surface area (Å²) in [6, 6.07) is 0.559. The SMILES string of the molecule is C.C#CCCNC(C)C. The lowest BCUT2D eigenvalue weighted by atomic mass is 10.3. The molecule has 0 aliphatic carbocycles. The molecule has 0 aliphatic heterocycles. The maximum Gasteiger partial charge on any atom is 0.0211 e. The van der Waals surface area contributed by atoms with Crippen LogP contribution in [0.2, 0.25) is 0 Å². The van der Waals surface area contributed by atoms with Gasteiger partial charge in [0, 0.05) is 19.0 Å². The minimum Gasteiger partial charge on any atom is -0.314 e. The van der Waals surface area contributed by atoms with E-state index >= 15 is 0 Å². The molecule has 9 heavy (non-hydrogen) atoms. The fourth-order valence-electron chi connectivity index (χ4n) is 0.433. The Labute approximate surface area is 58.8 Å². The molecule has 0 aromatic carbocycles. The van der Waals surface area contributed by atoms with Gasteiger partial charge in [-0.1, -0.05) is 21.3 Å². The Morgan fingerprint density at radius 3 is 2.44 bits per heavy atom. The molecule has 0 aliphatic rings. The van der Waals surface area contributed by atoms with Gasteiger partial charge in [-0.05, 0) is 0 Å². The van der Waals surface area contributed by atoms with Crippen LogP contribution in [0.1, 0.15) is 27.7 Å². The topological polar surface area (TPSA) is 12.0 Å². The maximum absolute atomic E-state index is 5.02. The Hall–Kier alpha value is -0.480. The van der Waals surface area contributed by atoms with E-state index < -0.39 is 0 Å². The molecule has 0 rings (SSSR count). The number of hydrogen-bond acceptors (Lipinski definition) is 1.